The maximum atomic E-state index is 15.1. The Balaban J connectivity index is 1.51. The molecule has 3 aromatic rings. The fourth-order valence-electron chi connectivity index (χ4n) is 4.59. The van der Waals surface area contributed by atoms with Crippen LogP contribution >= 0.6 is 11.8 Å². The molecule has 5 rings (SSSR count). The predicted octanol–water partition coefficient (Wildman–Crippen LogP) is 3.82. The molecule has 0 unspecified atom stereocenters. The molecule has 1 aliphatic carbocycles. The Morgan fingerprint density at radius 1 is 1.34 bits per heavy atom. The number of benzene rings is 1. The van der Waals surface area contributed by atoms with Crippen LogP contribution in [-0.2, 0) is 5.54 Å². The van der Waals surface area contributed by atoms with Crippen molar-refractivity contribution in [2.75, 3.05) is 18.6 Å². The molecular formula is C24H19F2N7OS. The predicted molar refractivity (Wildman–Crippen MR) is 129 cm³/mol. The van der Waals surface area contributed by atoms with Crippen molar-refractivity contribution < 1.29 is 13.5 Å². The molecule has 0 radical (unpaired) electrons. The standard InChI is InChI=1S/C24H19F2N7OS/c1-2-9-34-19-12-30-20-17(32-19)5-8-29-21(20)31-14-3-4-16(26)15(10-14)24(13-25)18-11-23(18,6-7-27)35-22(28)33-24/h1,3-5,8,10,12,18H,6,9,11,13H2,(H2,28,33)(H,29,31)/t18-,23+,24-/m1/s1. The Morgan fingerprint density at radius 2 is 2.20 bits per heavy atom. The fourth-order valence-corrected chi connectivity index (χ4v) is 5.94. The molecule has 0 saturated heterocycles. The molecule has 11 heteroatoms. The van der Waals surface area contributed by atoms with Crippen LogP contribution in [0.3, 0.4) is 0 Å². The number of terminal acetylenes is 1. The van der Waals surface area contributed by atoms with E-state index in [1.807, 2.05) is 0 Å². The van der Waals surface area contributed by atoms with Crippen LogP contribution in [0.5, 0.6) is 5.88 Å². The maximum Gasteiger partial charge on any atom is 0.233 e. The van der Waals surface area contributed by atoms with Gasteiger partial charge in [0.15, 0.2) is 17.6 Å². The van der Waals surface area contributed by atoms with Crippen molar-refractivity contribution in [3.63, 3.8) is 0 Å². The molecule has 1 aliphatic heterocycles. The van der Waals surface area contributed by atoms with E-state index in [-0.39, 0.29) is 35.6 Å². The molecule has 0 bridgehead atoms. The Labute approximate surface area is 204 Å². The fraction of sp³-hybridized carbons (Fsp3) is 0.292. The van der Waals surface area contributed by atoms with E-state index in [0.29, 0.717) is 29.0 Å². The van der Waals surface area contributed by atoms with Crippen molar-refractivity contribution in [2.24, 2.45) is 16.6 Å². The van der Waals surface area contributed by atoms with Crippen molar-refractivity contribution in [1.29, 1.82) is 5.26 Å². The van der Waals surface area contributed by atoms with Crippen molar-refractivity contribution in [2.45, 2.75) is 23.1 Å². The number of rotatable bonds is 7. The van der Waals surface area contributed by atoms with Gasteiger partial charge in [-0.1, -0.05) is 17.7 Å². The van der Waals surface area contributed by atoms with Gasteiger partial charge in [0, 0.05) is 28.1 Å². The Bertz CT molecular complexity index is 1440. The second-order valence-electron chi connectivity index (χ2n) is 8.31. The number of hydrogen-bond acceptors (Lipinski definition) is 9. The quantitative estimate of drug-likeness (QED) is 0.479. The molecule has 2 aliphatic rings. The summed E-state index contributed by atoms with van der Waals surface area (Å²) in [7, 11) is 0. The van der Waals surface area contributed by atoms with E-state index < -0.39 is 22.8 Å². The summed E-state index contributed by atoms with van der Waals surface area (Å²) in [4.78, 5) is 17.4. The topological polar surface area (TPSA) is 122 Å². The number of alkyl halides is 1. The Morgan fingerprint density at radius 3 is 2.97 bits per heavy atom. The van der Waals surface area contributed by atoms with Gasteiger partial charge < -0.3 is 15.8 Å². The maximum absolute atomic E-state index is 15.1. The highest BCUT2D eigenvalue weighted by Crippen LogP contribution is 2.67. The number of anilines is 2. The molecule has 1 aromatic carbocycles. The van der Waals surface area contributed by atoms with Crippen LogP contribution in [0.2, 0.25) is 0 Å². The van der Waals surface area contributed by atoms with Gasteiger partial charge in [-0.05, 0) is 30.7 Å². The lowest BCUT2D eigenvalue weighted by atomic mass is 9.84. The van der Waals surface area contributed by atoms with Crippen LogP contribution < -0.4 is 15.8 Å². The number of aromatic nitrogens is 3. The number of nitrogens with one attached hydrogen (secondary N) is 1. The second-order valence-corrected chi connectivity index (χ2v) is 9.75. The van der Waals surface area contributed by atoms with Crippen LogP contribution in [-0.4, -0.2) is 38.1 Å². The number of amidine groups is 1. The van der Waals surface area contributed by atoms with Crippen molar-refractivity contribution >= 4 is 39.5 Å². The number of nitrogens with two attached hydrogens (primary N) is 1. The van der Waals surface area contributed by atoms with Gasteiger partial charge in [0.25, 0.3) is 0 Å². The molecule has 35 heavy (non-hydrogen) atoms. The van der Waals surface area contributed by atoms with Crippen LogP contribution in [0.15, 0.2) is 41.7 Å². The number of aliphatic imine (C=N–C) groups is 1. The molecule has 176 valence electrons. The van der Waals surface area contributed by atoms with Crippen LogP contribution in [0, 0.1) is 35.4 Å². The largest absolute Gasteiger partial charge is 0.463 e. The van der Waals surface area contributed by atoms with Gasteiger partial charge in [-0.3, -0.25) is 0 Å². The zero-order valence-electron chi connectivity index (χ0n) is 18.3. The number of halogens is 2. The minimum absolute atomic E-state index is 0.0627. The molecule has 8 nitrogen and oxygen atoms in total. The summed E-state index contributed by atoms with van der Waals surface area (Å²) in [5.74, 6) is 2.07. The van der Waals surface area contributed by atoms with Gasteiger partial charge in [0.1, 0.15) is 23.5 Å². The smallest absolute Gasteiger partial charge is 0.233 e. The minimum Gasteiger partial charge on any atom is -0.463 e. The average molecular weight is 492 g/mol. The first-order valence-electron chi connectivity index (χ1n) is 10.7. The summed E-state index contributed by atoms with van der Waals surface area (Å²) in [6.07, 6.45) is 8.90. The summed E-state index contributed by atoms with van der Waals surface area (Å²) in [6, 6.07) is 8.09. The normalized spacial score (nSPS) is 24.6. The minimum atomic E-state index is -1.50. The van der Waals surface area contributed by atoms with Crippen LogP contribution in [0.25, 0.3) is 11.0 Å². The van der Waals surface area contributed by atoms with E-state index in [2.05, 4.69) is 37.3 Å². The molecule has 2 aromatic heterocycles. The van der Waals surface area contributed by atoms with E-state index in [9.17, 15) is 9.65 Å². The van der Waals surface area contributed by atoms with Gasteiger partial charge in [-0.15, -0.1) is 6.42 Å². The third kappa shape index (κ3) is 3.88. The Hall–Kier alpha value is -3.96. The van der Waals surface area contributed by atoms with Gasteiger partial charge in [-0.25, -0.2) is 28.7 Å². The van der Waals surface area contributed by atoms with E-state index >= 15 is 4.39 Å². The Kier molecular flexibility index (Phi) is 5.65. The molecular weight excluding hydrogens is 472 g/mol. The third-order valence-corrected chi connectivity index (χ3v) is 7.54. The highest BCUT2D eigenvalue weighted by atomic mass is 32.2. The summed E-state index contributed by atoms with van der Waals surface area (Å²) in [6.45, 7) is -0.877. The first-order chi connectivity index (χ1) is 16.9. The van der Waals surface area contributed by atoms with E-state index in [0.717, 1.165) is 0 Å². The highest BCUT2D eigenvalue weighted by Gasteiger charge is 2.68. The molecule has 3 N–H and O–H groups in total. The summed E-state index contributed by atoms with van der Waals surface area (Å²) in [5.41, 5.74) is 6.04. The van der Waals surface area contributed by atoms with Gasteiger partial charge in [0.2, 0.25) is 5.88 Å². The number of ether oxygens (including phenoxy) is 1. The average Bonchev–Trinajstić information content (AvgIpc) is 3.57. The summed E-state index contributed by atoms with van der Waals surface area (Å²) in [5, 5.41) is 12.5. The molecule has 3 atom stereocenters. The molecule has 0 spiro atoms. The molecule has 1 saturated carbocycles. The highest BCUT2D eigenvalue weighted by molar-refractivity contribution is 8.15. The lowest BCUT2D eigenvalue weighted by Gasteiger charge is -2.34. The third-order valence-electron chi connectivity index (χ3n) is 6.24. The summed E-state index contributed by atoms with van der Waals surface area (Å²) >= 11 is 1.27. The van der Waals surface area contributed by atoms with Crippen molar-refractivity contribution in [3.8, 4) is 24.3 Å². The lowest BCUT2D eigenvalue weighted by Crippen LogP contribution is -2.40. The van der Waals surface area contributed by atoms with E-state index in [4.69, 9.17) is 16.9 Å². The first kappa shape index (κ1) is 22.8. The van der Waals surface area contributed by atoms with Gasteiger partial charge >= 0.3 is 0 Å². The molecule has 0 amide bonds. The number of nitriles is 1. The van der Waals surface area contributed by atoms with Crippen LogP contribution in [0.1, 0.15) is 18.4 Å². The number of thioether (sulfide) groups is 1. The molecule has 3 heterocycles. The molecule has 1 fully saturated rings. The zero-order chi connectivity index (χ0) is 24.6. The van der Waals surface area contributed by atoms with Crippen molar-refractivity contribution in [1.82, 2.24) is 15.0 Å². The number of nitrogens with zero attached hydrogens (tertiary/aromatic N) is 5. The van der Waals surface area contributed by atoms with Crippen molar-refractivity contribution in [3.05, 3.63) is 48.0 Å². The van der Waals surface area contributed by atoms with Gasteiger partial charge in [0.05, 0.1) is 24.2 Å². The van der Waals surface area contributed by atoms with E-state index in [1.165, 1.54) is 36.2 Å². The van der Waals surface area contributed by atoms with E-state index in [1.54, 1.807) is 12.3 Å². The number of fused-ring (bicyclic) bond motifs is 2. The second kappa shape index (κ2) is 8.67. The number of hydrogen-bond donors (Lipinski definition) is 2. The number of pyridine rings is 1. The summed E-state index contributed by atoms with van der Waals surface area (Å²) < 4.78 is 34.5. The first-order valence-corrected chi connectivity index (χ1v) is 11.5. The van der Waals surface area contributed by atoms with Crippen LogP contribution in [0.4, 0.5) is 20.3 Å². The van der Waals surface area contributed by atoms with Gasteiger partial charge in [-0.2, -0.15) is 5.26 Å². The SMILES string of the molecule is C#CCOc1cnc2c(Nc3ccc(F)c([C@@]4(CF)N=C(N)S[C@@]5(CC#N)C[C@H]54)c3)nccc2n1. The monoisotopic (exact) mass is 491 g/mol. The zero-order valence-corrected chi connectivity index (χ0v) is 19.1. The lowest BCUT2D eigenvalue weighted by molar-refractivity contribution is 0.264.